The van der Waals surface area contributed by atoms with Crippen molar-refractivity contribution in [3.63, 3.8) is 0 Å². The molecule has 3 fully saturated rings. The number of fused-ring (bicyclic) bond motifs is 2. The summed E-state index contributed by atoms with van der Waals surface area (Å²) in [6.07, 6.45) is 2.99. The molecule has 6 N–H and O–H groups in total. The number of likely N-dealkylation sites (tertiary alicyclic amines) is 2. The first-order valence-corrected chi connectivity index (χ1v) is 23.0. The van der Waals surface area contributed by atoms with Crippen molar-refractivity contribution in [2.45, 2.75) is 122 Å². The summed E-state index contributed by atoms with van der Waals surface area (Å²) in [6.45, 7) is 12.7. The van der Waals surface area contributed by atoms with Crippen molar-refractivity contribution in [3.8, 4) is 0 Å². The van der Waals surface area contributed by atoms with Crippen molar-refractivity contribution in [2.24, 2.45) is 11.8 Å². The summed E-state index contributed by atoms with van der Waals surface area (Å²) in [4.78, 5) is 74.6. The van der Waals surface area contributed by atoms with Crippen LogP contribution in [0.2, 0.25) is 0 Å². The number of H-pyrrole nitrogens is 2. The number of hydrogen-bond acceptors (Lipinski definition) is 9. The Morgan fingerprint density at radius 3 is 1.82 bits per heavy atom. The van der Waals surface area contributed by atoms with Gasteiger partial charge < -0.3 is 50.3 Å². The first-order chi connectivity index (χ1) is 31.1. The molecule has 3 saturated heterocycles. The van der Waals surface area contributed by atoms with E-state index in [1.807, 2.05) is 52.5 Å². The maximum absolute atomic E-state index is 13.9. The van der Waals surface area contributed by atoms with Gasteiger partial charge in [0.15, 0.2) is 0 Å². The highest BCUT2D eigenvalue weighted by Gasteiger charge is 2.40. The second-order valence-corrected chi connectivity index (χ2v) is 19.3. The van der Waals surface area contributed by atoms with Crippen molar-refractivity contribution in [2.75, 3.05) is 31.7 Å². The molecule has 1 unspecified atom stereocenters. The third-order valence-corrected chi connectivity index (χ3v) is 13.9. The number of hydrogen-bond donors (Lipinski definition) is 6. The van der Waals surface area contributed by atoms with Gasteiger partial charge in [-0.25, -0.2) is 19.6 Å². The third kappa shape index (κ3) is 8.96. The summed E-state index contributed by atoms with van der Waals surface area (Å²) in [7, 11) is 1.29. The van der Waals surface area contributed by atoms with E-state index in [0.29, 0.717) is 18.9 Å². The normalized spacial score (nSPS) is 21.2. The van der Waals surface area contributed by atoms with Gasteiger partial charge in [0.1, 0.15) is 23.7 Å². The number of nitrogens with zero attached hydrogens (tertiary/aromatic N) is 5. The lowest BCUT2D eigenvalue weighted by Crippen LogP contribution is -2.51. The van der Waals surface area contributed by atoms with Crippen LogP contribution in [0.1, 0.15) is 133 Å². The summed E-state index contributed by atoms with van der Waals surface area (Å²) < 4.78 is 4.82. The molecule has 2 aromatic heterocycles. The van der Waals surface area contributed by atoms with Gasteiger partial charge in [-0.2, -0.15) is 0 Å². The Hall–Kier alpha value is -6.16. The van der Waals surface area contributed by atoms with Crippen LogP contribution in [0.4, 0.5) is 15.3 Å². The Bertz CT molecular complexity index is 2550. The van der Waals surface area contributed by atoms with Crippen molar-refractivity contribution in [1.82, 2.24) is 40.4 Å². The number of rotatable bonds is 13. The number of methoxy groups -OCH3 is 1. The SMILES string of the molecule is COC(=O)N[C@H](C(=O)N1CCC[C@H]1c1nc2cc(C3CC[C@H](c4ccc5nc([C@@H]6CCCN6C(=O)[C@@H](NC(=O)O)C(C)C)[nH]c5c4)N3c3ccc(C(C)(C)CO)cc3)ccc2[nH]1)C(C)C. The molecule has 4 amide bonds. The number of carbonyl (C=O) groups excluding carboxylic acids is 3. The van der Waals surface area contributed by atoms with Gasteiger partial charge in [-0.15, -0.1) is 0 Å². The van der Waals surface area contributed by atoms with E-state index in [9.17, 15) is 29.4 Å². The number of ether oxygens (including phenoxy) is 1. The number of imidazole rings is 2. The molecular formula is C49H63N9O7. The largest absolute Gasteiger partial charge is 0.465 e. The molecule has 3 aliphatic rings. The fourth-order valence-electron chi connectivity index (χ4n) is 10.2. The lowest BCUT2D eigenvalue weighted by Gasteiger charge is -2.34. The lowest BCUT2D eigenvalue weighted by molar-refractivity contribution is -0.136. The Kier molecular flexibility index (Phi) is 12.8. The van der Waals surface area contributed by atoms with Gasteiger partial charge in [-0.05, 0) is 103 Å². The number of aliphatic hydroxyl groups is 1. The van der Waals surface area contributed by atoms with Gasteiger partial charge in [0.25, 0.3) is 0 Å². The van der Waals surface area contributed by atoms with Crippen LogP contribution in [0.5, 0.6) is 0 Å². The molecule has 65 heavy (non-hydrogen) atoms. The van der Waals surface area contributed by atoms with Crippen LogP contribution in [0.25, 0.3) is 22.1 Å². The first-order valence-electron chi connectivity index (χ1n) is 23.0. The molecule has 5 aromatic rings. The summed E-state index contributed by atoms with van der Waals surface area (Å²) in [5.74, 6) is 0.676. The highest BCUT2D eigenvalue weighted by Crippen LogP contribution is 2.48. The van der Waals surface area contributed by atoms with Gasteiger partial charge in [-0.3, -0.25) is 9.59 Å². The maximum atomic E-state index is 13.9. The molecule has 3 aliphatic heterocycles. The summed E-state index contributed by atoms with van der Waals surface area (Å²) >= 11 is 0. The van der Waals surface area contributed by atoms with Crippen molar-refractivity contribution < 1.29 is 34.1 Å². The summed E-state index contributed by atoms with van der Waals surface area (Å²) in [5.41, 5.74) is 7.31. The fraction of sp³-hybridized carbons (Fsp3) is 0.510. The molecule has 5 heterocycles. The third-order valence-electron chi connectivity index (χ3n) is 13.9. The molecule has 346 valence electrons. The Labute approximate surface area is 379 Å². The Balaban J connectivity index is 1.10. The van der Waals surface area contributed by atoms with E-state index in [2.05, 4.69) is 80.1 Å². The highest BCUT2D eigenvalue weighted by molar-refractivity contribution is 5.87. The number of aromatic nitrogens is 4. The molecular weight excluding hydrogens is 827 g/mol. The van der Waals surface area contributed by atoms with Crippen LogP contribution in [-0.4, -0.2) is 103 Å². The van der Waals surface area contributed by atoms with E-state index in [0.717, 1.165) is 88.8 Å². The molecule has 0 aliphatic carbocycles. The number of carbonyl (C=O) groups is 4. The minimum Gasteiger partial charge on any atom is -0.465 e. The van der Waals surface area contributed by atoms with E-state index in [-0.39, 0.29) is 54.4 Å². The van der Waals surface area contributed by atoms with Gasteiger partial charge >= 0.3 is 12.2 Å². The molecule has 0 bridgehead atoms. The second kappa shape index (κ2) is 18.4. The quantitative estimate of drug-likeness (QED) is 0.0676. The molecule has 8 rings (SSSR count). The smallest absolute Gasteiger partial charge is 0.407 e. The second-order valence-electron chi connectivity index (χ2n) is 19.3. The molecule has 3 aromatic carbocycles. The predicted octanol–water partition coefficient (Wildman–Crippen LogP) is 7.79. The topological polar surface area (TPSA) is 209 Å². The number of amides is 4. The van der Waals surface area contributed by atoms with Crippen LogP contribution in [0.15, 0.2) is 60.7 Å². The van der Waals surface area contributed by atoms with Gasteiger partial charge in [-0.1, -0.05) is 65.8 Å². The molecule has 0 radical (unpaired) electrons. The fourth-order valence-corrected chi connectivity index (χ4v) is 10.2. The van der Waals surface area contributed by atoms with Gasteiger partial charge in [0, 0.05) is 24.2 Å². The Morgan fingerprint density at radius 2 is 1.26 bits per heavy atom. The van der Waals surface area contributed by atoms with Crippen LogP contribution >= 0.6 is 0 Å². The van der Waals surface area contributed by atoms with Gasteiger partial charge in [0.05, 0.1) is 60.0 Å². The van der Waals surface area contributed by atoms with E-state index in [4.69, 9.17) is 14.7 Å². The monoisotopic (exact) mass is 889 g/mol. The van der Waals surface area contributed by atoms with E-state index in [1.54, 1.807) is 4.90 Å². The van der Waals surface area contributed by atoms with Crippen molar-refractivity contribution in [1.29, 1.82) is 0 Å². The minimum atomic E-state index is -1.22. The maximum Gasteiger partial charge on any atom is 0.407 e. The average molecular weight is 890 g/mol. The number of benzene rings is 3. The van der Waals surface area contributed by atoms with E-state index in [1.165, 1.54) is 7.11 Å². The Morgan fingerprint density at radius 1 is 0.723 bits per heavy atom. The van der Waals surface area contributed by atoms with Crippen LogP contribution < -0.4 is 15.5 Å². The van der Waals surface area contributed by atoms with Crippen molar-refractivity contribution >= 4 is 51.8 Å². The average Bonchev–Trinajstić information content (AvgIpc) is 4.15. The van der Waals surface area contributed by atoms with Crippen LogP contribution in [0, 0.1) is 11.8 Å². The molecule has 16 heteroatoms. The summed E-state index contributed by atoms with van der Waals surface area (Å²) in [5, 5.41) is 24.8. The number of carboxylic acid groups (broad SMARTS) is 1. The highest BCUT2D eigenvalue weighted by atomic mass is 16.5. The molecule has 16 nitrogen and oxygen atoms in total. The molecule has 0 saturated carbocycles. The zero-order valence-corrected chi connectivity index (χ0v) is 38.4. The zero-order valence-electron chi connectivity index (χ0n) is 38.4. The first kappa shape index (κ1) is 45.4. The van der Waals surface area contributed by atoms with Crippen LogP contribution in [0.3, 0.4) is 0 Å². The number of alkyl carbamates (subject to hydrolysis) is 1. The molecule has 6 atom stereocenters. The summed E-state index contributed by atoms with van der Waals surface area (Å²) in [6, 6.07) is 19.1. The van der Waals surface area contributed by atoms with Crippen molar-refractivity contribution in [3.05, 3.63) is 89.0 Å². The number of anilines is 1. The predicted molar refractivity (Wildman–Crippen MR) is 247 cm³/mol. The standard InChI is InChI=1S/C49H63N9O7/c1-27(2)41(54-47(62)63)45(60)56-22-8-10-39(56)43-50-33-18-12-29(24-35(33)52-43)37-20-21-38(58(37)32-16-14-31(15-17-32)49(5,6)26-59)30-13-19-34-36(25-30)53-44(51-34)40-11-9-23-57(40)46(61)42(28(3)4)55-48(64)65-7/h12-19,24-25,27-28,37-42,54,59H,8-11,20-23,26H2,1-7H3,(H,50,52)(H,51,53)(H,55,64)(H,62,63)/t37-,38?,39+,40+,41+,42+/m1/s1. The molecule has 0 spiro atoms. The van der Waals surface area contributed by atoms with Crippen LogP contribution in [-0.2, 0) is 19.7 Å². The number of nitrogens with one attached hydrogen (secondary N) is 4. The van der Waals surface area contributed by atoms with Gasteiger partial charge in [0.2, 0.25) is 11.8 Å². The zero-order chi connectivity index (χ0) is 46.3. The number of aromatic amines is 2. The van der Waals surface area contributed by atoms with E-state index >= 15 is 0 Å². The minimum absolute atomic E-state index is 0.00130. The lowest BCUT2D eigenvalue weighted by atomic mass is 9.85. The number of aliphatic hydroxyl groups excluding tert-OH is 1. The van der Waals surface area contributed by atoms with E-state index < -0.39 is 29.7 Å².